The minimum atomic E-state index is -0.139. The van der Waals surface area contributed by atoms with E-state index in [1.807, 2.05) is 11.3 Å². The second kappa shape index (κ2) is 12.0. The summed E-state index contributed by atoms with van der Waals surface area (Å²) in [6.45, 7) is 9.54. The Balaban J connectivity index is 1.21. The summed E-state index contributed by atoms with van der Waals surface area (Å²) in [7, 11) is 0. The first-order valence-electron chi connectivity index (χ1n) is 20.4. The molecule has 0 atom stereocenters. The van der Waals surface area contributed by atoms with Crippen LogP contribution in [0.15, 0.2) is 176 Å². The van der Waals surface area contributed by atoms with Crippen molar-refractivity contribution in [3.05, 3.63) is 198 Å². The van der Waals surface area contributed by atoms with Gasteiger partial charge in [-0.1, -0.05) is 155 Å². The molecule has 58 heavy (non-hydrogen) atoms. The second-order valence-corrected chi connectivity index (χ2v) is 18.3. The summed E-state index contributed by atoms with van der Waals surface area (Å²) < 4.78 is 2.61. The van der Waals surface area contributed by atoms with Gasteiger partial charge in [0.1, 0.15) is 0 Å². The first kappa shape index (κ1) is 33.6. The van der Waals surface area contributed by atoms with Crippen molar-refractivity contribution in [2.45, 2.75) is 38.5 Å². The largest absolute Gasteiger partial charge is 0.310 e. The molecule has 0 bridgehead atoms. The van der Waals surface area contributed by atoms with Crippen molar-refractivity contribution in [1.82, 2.24) is 0 Å². The number of hydrogen-bond acceptors (Lipinski definition) is 2. The van der Waals surface area contributed by atoms with Gasteiger partial charge in [0.25, 0.3) is 0 Å². The van der Waals surface area contributed by atoms with E-state index in [9.17, 15) is 0 Å². The summed E-state index contributed by atoms with van der Waals surface area (Å²) in [5.41, 5.74) is 16.6. The first-order chi connectivity index (χ1) is 28.3. The van der Waals surface area contributed by atoms with Crippen molar-refractivity contribution in [2.24, 2.45) is 0 Å². The average molecular weight is 760 g/mol. The summed E-state index contributed by atoms with van der Waals surface area (Å²) in [4.78, 5) is 2.57. The molecular weight excluding hydrogens is 719 g/mol. The molecular formula is C56H41NS. The Hall–Kier alpha value is -6.48. The van der Waals surface area contributed by atoms with E-state index in [1.54, 1.807) is 0 Å². The molecule has 2 aliphatic rings. The highest BCUT2D eigenvalue weighted by atomic mass is 32.1. The lowest BCUT2D eigenvalue weighted by molar-refractivity contribution is 0.660. The zero-order valence-electron chi connectivity index (χ0n) is 33.1. The highest BCUT2D eigenvalue weighted by Crippen LogP contribution is 2.56. The topological polar surface area (TPSA) is 3.24 Å². The molecule has 1 nitrogen and oxygen atoms in total. The fraction of sp³-hybridized carbons (Fsp3) is 0.107. The van der Waals surface area contributed by atoms with Crippen LogP contribution in [-0.4, -0.2) is 0 Å². The van der Waals surface area contributed by atoms with Gasteiger partial charge in [0, 0.05) is 47.9 Å². The normalized spacial score (nSPS) is 14.5. The summed E-state index contributed by atoms with van der Waals surface area (Å²) in [6, 6.07) is 66.4. The number of thiophene rings is 1. The monoisotopic (exact) mass is 759 g/mol. The maximum Gasteiger partial charge on any atom is 0.0547 e. The van der Waals surface area contributed by atoms with E-state index in [2.05, 4.69) is 209 Å². The molecule has 0 amide bonds. The van der Waals surface area contributed by atoms with Crippen LogP contribution in [0, 0.1) is 0 Å². The number of anilines is 3. The highest BCUT2D eigenvalue weighted by molar-refractivity contribution is 7.26. The van der Waals surface area contributed by atoms with Gasteiger partial charge in [-0.3, -0.25) is 0 Å². The van der Waals surface area contributed by atoms with E-state index in [0.29, 0.717) is 0 Å². The molecule has 9 aromatic carbocycles. The Morgan fingerprint density at radius 1 is 0.379 bits per heavy atom. The summed E-state index contributed by atoms with van der Waals surface area (Å²) in [5, 5.41) is 7.68. The third-order valence-corrected chi connectivity index (χ3v) is 14.6. The lowest BCUT2D eigenvalue weighted by atomic mass is 9.82. The molecule has 12 rings (SSSR count). The fourth-order valence-corrected chi connectivity index (χ4v) is 11.7. The van der Waals surface area contributed by atoms with Gasteiger partial charge in [-0.25, -0.2) is 0 Å². The van der Waals surface area contributed by atoms with Crippen LogP contribution in [0.25, 0.3) is 75.1 Å². The standard InChI is InChI=1S/C56H41NS/c1-55(2)46-22-12-9-19-40(46)42-27-25-35(32-48(42)55)57(36-26-28-43-41-20-10-13-23-47(41)56(3,4)49(43)33-36)50-29-30-52-54(44-21-11-14-24-51(44)58-52)53(50)45-31-34-15-5-6-16-37(34)38-17-7-8-18-39(38)45/h5-33H,1-4H3. The summed E-state index contributed by atoms with van der Waals surface area (Å²) in [6.07, 6.45) is 0. The first-order valence-corrected chi connectivity index (χ1v) is 21.2. The molecule has 0 aliphatic heterocycles. The Kier molecular flexibility index (Phi) is 6.97. The van der Waals surface area contributed by atoms with Crippen molar-refractivity contribution < 1.29 is 0 Å². The number of benzene rings is 9. The molecule has 0 unspecified atom stereocenters. The molecule has 0 fully saturated rings. The third kappa shape index (κ3) is 4.58. The van der Waals surface area contributed by atoms with Crippen molar-refractivity contribution >= 4 is 70.1 Å². The molecule has 0 spiro atoms. The maximum absolute atomic E-state index is 2.57. The summed E-state index contributed by atoms with van der Waals surface area (Å²) in [5.74, 6) is 0. The fourth-order valence-electron chi connectivity index (χ4n) is 10.6. The van der Waals surface area contributed by atoms with E-state index in [4.69, 9.17) is 0 Å². The maximum atomic E-state index is 2.57. The van der Waals surface area contributed by atoms with E-state index >= 15 is 0 Å². The van der Waals surface area contributed by atoms with Crippen LogP contribution in [0.2, 0.25) is 0 Å². The zero-order chi connectivity index (χ0) is 38.9. The number of rotatable bonds is 4. The van der Waals surface area contributed by atoms with Gasteiger partial charge in [-0.05, 0) is 120 Å². The molecule has 10 aromatic rings. The van der Waals surface area contributed by atoms with E-state index in [0.717, 1.165) is 11.4 Å². The Bertz CT molecular complexity index is 3250. The van der Waals surface area contributed by atoms with Gasteiger partial charge in [-0.2, -0.15) is 0 Å². The Morgan fingerprint density at radius 2 is 0.897 bits per heavy atom. The van der Waals surface area contributed by atoms with Crippen LogP contribution >= 0.6 is 11.3 Å². The minimum Gasteiger partial charge on any atom is -0.310 e. The van der Waals surface area contributed by atoms with Gasteiger partial charge in [-0.15, -0.1) is 11.3 Å². The van der Waals surface area contributed by atoms with Crippen LogP contribution in [0.4, 0.5) is 17.1 Å². The quantitative estimate of drug-likeness (QED) is 0.162. The number of nitrogens with zero attached hydrogens (tertiary/aromatic N) is 1. The van der Waals surface area contributed by atoms with E-state index in [-0.39, 0.29) is 10.8 Å². The van der Waals surface area contributed by atoms with Gasteiger partial charge < -0.3 is 4.90 Å². The second-order valence-electron chi connectivity index (χ2n) is 17.3. The smallest absolute Gasteiger partial charge is 0.0547 e. The predicted octanol–water partition coefficient (Wildman–Crippen LogP) is 16.1. The van der Waals surface area contributed by atoms with Gasteiger partial charge >= 0.3 is 0 Å². The lowest BCUT2D eigenvalue weighted by Crippen LogP contribution is -2.18. The van der Waals surface area contributed by atoms with Crippen LogP contribution < -0.4 is 4.90 Å². The molecule has 276 valence electrons. The van der Waals surface area contributed by atoms with Crippen LogP contribution in [0.3, 0.4) is 0 Å². The summed E-state index contributed by atoms with van der Waals surface area (Å²) >= 11 is 1.89. The molecule has 1 heterocycles. The van der Waals surface area contributed by atoms with Crippen molar-refractivity contribution in [1.29, 1.82) is 0 Å². The number of hydrogen-bond donors (Lipinski definition) is 0. The van der Waals surface area contributed by atoms with Crippen LogP contribution in [0.1, 0.15) is 49.9 Å². The van der Waals surface area contributed by atoms with Crippen LogP contribution in [0.5, 0.6) is 0 Å². The zero-order valence-corrected chi connectivity index (χ0v) is 33.9. The molecule has 0 N–H and O–H groups in total. The highest BCUT2D eigenvalue weighted by Gasteiger charge is 2.38. The molecule has 0 saturated carbocycles. The molecule has 2 heteroatoms. The molecule has 1 aromatic heterocycles. The third-order valence-electron chi connectivity index (χ3n) is 13.5. The van der Waals surface area contributed by atoms with Crippen molar-refractivity contribution in [3.63, 3.8) is 0 Å². The molecule has 0 saturated heterocycles. The van der Waals surface area contributed by atoms with Gasteiger partial charge in [0.15, 0.2) is 0 Å². The Labute approximate surface area is 343 Å². The van der Waals surface area contributed by atoms with Crippen molar-refractivity contribution in [3.8, 4) is 33.4 Å². The SMILES string of the molecule is CC1(C)c2ccccc2-c2ccc(N(c3ccc4c(c3)C(C)(C)c3ccccc3-4)c3ccc4sc5ccccc5c4c3-c3cc4ccccc4c4ccccc34)cc21. The Morgan fingerprint density at radius 3 is 1.55 bits per heavy atom. The van der Waals surface area contributed by atoms with E-state index in [1.165, 1.54) is 103 Å². The van der Waals surface area contributed by atoms with Crippen LogP contribution in [-0.2, 0) is 10.8 Å². The molecule has 2 aliphatic carbocycles. The predicted molar refractivity (Wildman–Crippen MR) is 250 cm³/mol. The average Bonchev–Trinajstić information content (AvgIpc) is 3.83. The van der Waals surface area contributed by atoms with E-state index < -0.39 is 0 Å². The number of fused-ring (bicyclic) bond motifs is 12. The van der Waals surface area contributed by atoms with Gasteiger partial charge in [0.2, 0.25) is 0 Å². The minimum absolute atomic E-state index is 0.139. The van der Waals surface area contributed by atoms with Crippen molar-refractivity contribution in [2.75, 3.05) is 4.90 Å². The van der Waals surface area contributed by atoms with Gasteiger partial charge in [0.05, 0.1) is 5.69 Å². The lowest BCUT2D eigenvalue weighted by Gasteiger charge is -2.31. The molecule has 0 radical (unpaired) electrons.